The molecule has 0 radical (unpaired) electrons. The molecule has 1 aromatic heterocycles. The fourth-order valence-corrected chi connectivity index (χ4v) is 2.23. The van der Waals surface area contributed by atoms with Crippen LogP contribution in [0.25, 0.3) is 0 Å². The summed E-state index contributed by atoms with van der Waals surface area (Å²) in [6, 6.07) is 0. The molecule has 1 aromatic rings. The molecule has 1 N–H and O–H groups in total. The number of fused-ring (bicyclic) bond motifs is 1. The number of alkyl halides is 3. The first-order valence-electron chi connectivity index (χ1n) is 6.45. The number of rotatable bonds is 2. The lowest BCUT2D eigenvalue weighted by Crippen LogP contribution is -2.36. The lowest BCUT2D eigenvalue weighted by Gasteiger charge is -2.24. The Morgan fingerprint density at radius 3 is 2.58 bits per heavy atom. The molecule has 6 heteroatoms. The molecule has 19 heavy (non-hydrogen) atoms. The van der Waals surface area contributed by atoms with Crippen LogP contribution in [0.4, 0.5) is 13.2 Å². The summed E-state index contributed by atoms with van der Waals surface area (Å²) in [6.45, 7) is 6.43. The molecule has 0 amide bonds. The molecule has 1 unspecified atom stereocenters. The van der Waals surface area contributed by atoms with Crippen molar-refractivity contribution in [1.29, 1.82) is 0 Å². The van der Waals surface area contributed by atoms with E-state index in [9.17, 15) is 13.2 Å². The van der Waals surface area contributed by atoms with Crippen molar-refractivity contribution >= 4 is 0 Å². The van der Waals surface area contributed by atoms with Crippen molar-refractivity contribution in [2.24, 2.45) is 5.92 Å². The number of nitrogens with zero attached hydrogens (tertiary/aromatic N) is 1. The summed E-state index contributed by atoms with van der Waals surface area (Å²) in [5, 5.41) is 7.14. The van der Waals surface area contributed by atoms with Gasteiger partial charge in [-0.05, 0) is 33.6 Å². The van der Waals surface area contributed by atoms with E-state index >= 15 is 0 Å². The maximum atomic E-state index is 12.8. The predicted molar refractivity (Wildman–Crippen MR) is 64.7 cm³/mol. The van der Waals surface area contributed by atoms with Crippen molar-refractivity contribution in [2.75, 3.05) is 0 Å². The molecule has 1 heterocycles. The largest absolute Gasteiger partial charge is 0.392 e. The van der Waals surface area contributed by atoms with Gasteiger partial charge in [0.1, 0.15) is 11.5 Å². The van der Waals surface area contributed by atoms with Gasteiger partial charge < -0.3 is 9.84 Å². The Morgan fingerprint density at radius 1 is 1.32 bits per heavy atom. The van der Waals surface area contributed by atoms with Gasteiger partial charge in [-0.15, -0.1) is 0 Å². The van der Waals surface area contributed by atoms with Crippen LogP contribution < -0.4 is 5.32 Å². The Hall–Kier alpha value is -1.04. The molecule has 3 nitrogen and oxygen atoms in total. The van der Waals surface area contributed by atoms with Crippen molar-refractivity contribution in [2.45, 2.75) is 58.3 Å². The average Bonchev–Trinajstić information content (AvgIpc) is 2.66. The molecular weight excluding hydrogens is 257 g/mol. The maximum Gasteiger partial charge on any atom is 0.392 e. The second-order valence-corrected chi connectivity index (χ2v) is 6.12. The highest BCUT2D eigenvalue weighted by Gasteiger charge is 2.42. The van der Waals surface area contributed by atoms with Crippen LogP contribution in [0, 0.1) is 5.92 Å². The summed E-state index contributed by atoms with van der Waals surface area (Å²) in [7, 11) is 0. The van der Waals surface area contributed by atoms with Crippen LogP contribution in [-0.4, -0.2) is 16.9 Å². The van der Waals surface area contributed by atoms with E-state index in [-0.39, 0.29) is 18.4 Å². The van der Waals surface area contributed by atoms with Gasteiger partial charge in [-0.3, -0.25) is 0 Å². The predicted octanol–water partition coefficient (Wildman–Crippen LogP) is 3.23. The van der Waals surface area contributed by atoms with E-state index in [1.54, 1.807) is 0 Å². The number of nitrogens with one attached hydrogen (secondary N) is 1. The Balaban J connectivity index is 2.12. The minimum atomic E-state index is -4.14. The van der Waals surface area contributed by atoms with E-state index in [1.165, 1.54) is 0 Å². The van der Waals surface area contributed by atoms with E-state index in [0.717, 1.165) is 0 Å². The molecule has 0 aliphatic heterocycles. The Labute approximate surface area is 110 Å². The van der Waals surface area contributed by atoms with Crippen LogP contribution in [0.3, 0.4) is 0 Å². The number of aryl methyl sites for hydroxylation is 1. The summed E-state index contributed by atoms with van der Waals surface area (Å²) in [5.74, 6) is -0.654. The monoisotopic (exact) mass is 276 g/mol. The highest BCUT2D eigenvalue weighted by Crippen LogP contribution is 2.38. The van der Waals surface area contributed by atoms with Crippen LogP contribution in [0.1, 0.15) is 44.2 Å². The highest BCUT2D eigenvalue weighted by molar-refractivity contribution is 5.26. The standard InChI is InChI=1S/C13H19F3N2O/c1-12(2,3)17-7-10-9-6-8(13(14,15)16)4-5-11(9)19-18-10/h8,17H,4-7H2,1-3H3. The zero-order chi connectivity index (χ0) is 14.3. The molecule has 1 aliphatic rings. The van der Waals surface area contributed by atoms with Gasteiger partial charge in [-0.1, -0.05) is 5.16 Å². The van der Waals surface area contributed by atoms with Crippen molar-refractivity contribution in [3.63, 3.8) is 0 Å². The first-order chi connectivity index (χ1) is 8.67. The quantitative estimate of drug-likeness (QED) is 0.901. The molecule has 0 saturated carbocycles. The molecular formula is C13H19F3N2O. The van der Waals surface area contributed by atoms with Crippen LogP contribution in [0.15, 0.2) is 4.52 Å². The van der Waals surface area contributed by atoms with Crippen LogP contribution in [0.5, 0.6) is 0 Å². The molecule has 1 aliphatic carbocycles. The Morgan fingerprint density at radius 2 is 2.00 bits per heavy atom. The normalized spacial score (nSPS) is 20.4. The first kappa shape index (κ1) is 14.4. The van der Waals surface area contributed by atoms with Crippen molar-refractivity contribution in [3.05, 3.63) is 17.0 Å². The van der Waals surface area contributed by atoms with Gasteiger partial charge >= 0.3 is 6.18 Å². The van der Waals surface area contributed by atoms with E-state index in [2.05, 4.69) is 10.5 Å². The third kappa shape index (κ3) is 3.49. The third-order valence-corrected chi connectivity index (χ3v) is 3.37. The van der Waals surface area contributed by atoms with Crippen LogP contribution in [0.2, 0.25) is 0 Å². The van der Waals surface area contributed by atoms with Crippen molar-refractivity contribution < 1.29 is 17.7 Å². The molecule has 0 saturated heterocycles. The van der Waals surface area contributed by atoms with E-state index in [1.807, 2.05) is 20.8 Å². The first-order valence-corrected chi connectivity index (χ1v) is 6.45. The second-order valence-electron chi connectivity index (χ2n) is 6.12. The number of aromatic nitrogens is 1. The lowest BCUT2D eigenvalue weighted by molar-refractivity contribution is -0.177. The number of halogens is 3. The summed E-state index contributed by atoms with van der Waals surface area (Å²) < 4.78 is 43.5. The van der Waals surface area contributed by atoms with Gasteiger partial charge in [0.2, 0.25) is 0 Å². The molecule has 0 fully saturated rings. The highest BCUT2D eigenvalue weighted by atomic mass is 19.4. The van der Waals surface area contributed by atoms with Crippen molar-refractivity contribution in [1.82, 2.24) is 10.5 Å². The van der Waals surface area contributed by atoms with Crippen LogP contribution in [-0.2, 0) is 19.4 Å². The second kappa shape index (κ2) is 4.81. The maximum absolute atomic E-state index is 12.8. The summed E-state index contributed by atoms with van der Waals surface area (Å²) >= 11 is 0. The van der Waals surface area contributed by atoms with E-state index in [4.69, 9.17) is 4.52 Å². The van der Waals surface area contributed by atoms with Gasteiger partial charge in [0.25, 0.3) is 0 Å². The molecule has 2 rings (SSSR count). The summed E-state index contributed by atoms with van der Waals surface area (Å²) in [5.41, 5.74) is 1.15. The average molecular weight is 276 g/mol. The van der Waals surface area contributed by atoms with Gasteiger partial charge in [0, 0.05) is 24.1 Å². The number of hydrogen-bond donors (Lipinski definition) is 1. The fourth-order valence-electron chi connectivity index (χ4n) is 2.23. The van der Waals surface area contributed by atoms with Gasteiger partial charge in [0.15, 0.2) is 0 Å². The van der Waals surface area contributed by atoms with Crippen LogP contribution >= 0.6 is 0 Å². The van der Waals surface area contributed by atoms with Gasteiger partial charge in [-0.2, -0.15) is 13.2 Å². The van der Waals surface area contributed by atoms with Gasteiger partial charge in [0.05, 0.1) is 5.92 Å². The smallest absolute Gasteiger partial charge is 0.361 e. The minimum absolute atomic E-state index is 0.0104. The summed E-state index contributed by atoms with van der Waals surface area (Å²) in [4.78, 5) is 0. The zero-order valence-corrected chi connectivity index (χ0v) is 11.4. The fraction of sp³-hybridized carbons (Fsp3) is 0.769. The Bertz CT molecular complexity index is 446. The number of hydrogen-bond acceptors (Lipinski definition) is 3. The minimum Gasteiger partial charge on any atom is -0.361 e. The summed E-state index contributed by atoms with van der Waals surface area (Å²) in [6.07, 6.45) is -3.73. The molecule has 0 spiro atoms. The topological polar surface area (TPSA) is 38.1 Å². The van der Waals surface area contributed by atoms with Crippen molar-refractivity contribution in [3.8, 4) is 0 Å². The molecule has 0 aromatic carbocycles. The van der Waals surface area contributed by atoms with E-state index in [0.29, 0.717) is 30.0 Å². The molecule has 0 bridgehead atoms. The zero-order valence-electron chi connectivity index (χ0n) is 11.4. The lowest BCUT2D eigenvalue weighted by atomic mass is 9.86. The van der Waals surface area contributed by atoms with Gasteiger partial charge in [-0.25, -0.2) is 0 Å². The third-order valence-electron chi connectivity index (χ3n) is 3.37. The molecule has 1 atom stereocenters. The van der Waals surface area contributed by atoms with E-state index < -0.39 is 12.1 Å². The SMILES string of the molecule is CC(C)(C)NCc1noc2c1CC(C(F)(F)F)CC2. The molecule has 108 valence electrons. The Kier molecular flexibility index (Phi) is 3.64.